The van der Waals surface area contributed by atoms with Gasteiger partial charge in [-0.3, -0.25) is 0 Å². The van der Waals surface area contributed by atoms with Gasteiger partial charge in [0.05, 0.1) is 18.4 Å². The van der Waals surface area contributed by atoms with Gasteiger partial charge in [0.15, 0.2) is 0 Å². The summed E-state index contributed by atoms with van der Waals surface area (Å²) in [5, 5.41) is 0. The standard InChI is InChI=1S/C11H14BrNO2/c1-7-8(12)5-6-9(13(2)3)10(7)11(14)15-4/h5-6H,1-4H3. The van der Waals surface area contributed by atoms with E-state index in [1.165, 1.54) is 7.11 Å². The zero-order valence-electron chi connectivity index (χ0n) is 9.30. The highest BCUT2D eigenvalue weighted by molar-refractivity contribution is 9.10. The highest BCUT2D eigenvalue weighted by Gasteiger charge is 2.17. The van der Waals surface area contributed by atoms with Gasteiger partial charge >= 0.3 is 5.97 Å². The van der Waals surface area contributed by atoms with Crippen molar-refractivity contribution in [1.29, 1.82) is 0 Å². The van der Waals surface area contributed by atoms with Crippen LogP contribution in [0.4, 0.5) is 5.69 Å². The molecule has 0 spiro atoms. The highest BCUT2D eigenvalue weighted by atomic mass is 79.9. The molecule has 0 aromatic heterocycles. The molecule has 0 aliphatic rings. The largest absolute Gasteiger partial charge is 0.465 e. The van der Waals surface area contributed by atoms with E-state index in [4.69, 9.17) is 4.74 Å². The third kappa shape index (κ3) is 2.31. The Morgan fingerprint density at radius 1 is 1.40 bits per heavy atom. The van der Waals surface area contributed by atoms with Gasteiger partial charge in [-0.05, 0) is 24.6 Å². The molecule has 0 saturated heterocycles. The molecule has 4 heteroatoms. The minimum Gasteiger partial charge on any atom is -0.465 e. The summed E-state index contributed by atoms with van der Waals surface area (Å²) in [6.07, 6.45) is 0. The van der Waals surface area contributed by atoms with Crippen molar-refractivity contribution in [3.05, 3.63) is 27.7 Å². The van der Waals surface area contributed by atoms with Crippen molar-refractivity contribution in [1.82, 2.24) is 0 Å². The van der Waals surface area contributed by atoms with Gasteiger partial charge < -0.3 is 9.64 Å². The van der Waals surface area contributed by atoms with E-state index in [-0.39, 0.29) is 5.97 Å². The lowest BCUT2D eigenvalue weighted by Gasteiger charge is -2.18. The van der Waals surface area contributed by atoms with Crippen LogP contribution < -0.4 is 4.90 Å². The lowest BCUT2D eigenvalue weighted by molar-refractivity contribution is 0.0600. The Kier molecular flexibility index (Phi) is 3.74. The van der Waals surface area contributed by atoms with Crippen LogP contribution in [-0.2, 0) is 4.74 Å². The molecule has 0 amide bonds. The van der Waals surface area contributed by atoms with Crippen LogP contribution in [-0.4, -0.2) is 27.2 Å². The van der Waals surface area contributed by atoms with Crippen LogP contribution in [0.1, 0.15) is 15.9 Å². The first-order valence-electron chi connectivity index (χ1n) is 4.53. The fourth-order valence-electron chi connectivity index (χ4n) is 1.40. The van der Waals surface area contributed by atoms with Crippen molar-refractivity contribution in [2.45, 2.75) is 6.92 Å². The van der Waals surface area contributed by atoms with Gasteiger partial charge in [0.1, 0.15) is 0 Å². The number of benzene rings is 1. The number of esters is 1. The molecule has 0 N–H and O–H groups in total. The summed E-state index contributed by atoms with van der Waals surface area (Å²) < 4.78 is 5.69. The maximum Gasteiger partial charge on any atom is 0.340 e. The minimum absolute atomic E-state index is 0.308. The van der Waals surface area contributed by atoms with Gasteiger partial charge in [-0.25, -0.2) is 4.79 Å². The molecule has 0 radical (unpaired) electrons. The summed E-state index contributed by atoms with van der Waals surface area (Å²) in [5.74, 6) is -0.308. The van der Waals surface area contributed by atoms with Crippen molar-refractivity contribution < 1.29 is 9.53 Å². The van der Waals surface area contributed by atoms with Gasteiger partial charge in [-0.15, -0.1) is 0 Å². The zero-order chi connectivity index (χ0) is 11.6. The van der Waals surface area contributed by atoms with Crippen LogP contribution in [0.5, 0.6) is 0 Å². The van der Waals surface area contributed by atoms with E-state index in [9.17, 15) is 4.79 Å². The maximum atomic E-state index is 11.6. The summed E-state index contributed by atoms with van der Waals surface area (Å²) in [4.78, 5) is 13.5. The smallest absolute Gasteiger partial charge is 0.340 e. The van der Waals surface area contributed by atoms with Crippen molar-refractivity contribution >= 4 is 27.6 Å². The molecule has 0 atom stereocenters. The highest BCUT2D eigenvalue weighted by Crippen LogP contribution is 2.28. The lowest BCUT2D eigenvalue weighted by Crippen LogP contribution is -2.16. The fraction of sp³-hybridized carbons (Fsp3) is 0.364. The predicted octanol–water partition coefficient (Wildman–Crippen LogP) is 2.61. The number of rotatable bonds is 2. The van der Waals surface area contributed by atoms with Crippen LogP contribution in [0.15, 0.2) is 16.6 Å². The first-order valence-corrected chi connectivity index (χ1v) is 5.33. The molecular weight excluding hydrogens is 258 g/mol. The number of carbonyl (C=O) groups is 1. The van der Waals surface area contributed by atoms with E-state index in [1.807, 2.05) is 38.1 Å². The first-order chi connectivity index (χ1) is 6.99. The quantitative estimate of drug-likeness (QED) is 0.775. The Balaban J connectivity index is 3.41. The number of carbonyl (C=O) groups excluding carboxylic acids is 1. The van der Waals surface area contributed by atoms with Gasteiger partial charge in [0, 0.05) is 18.6 Å². The van der Waals surface area contributed by atoms with E-state index < -0.39 is 0 Å². The number of ether oxygens (including phenoxy) is 1. The van der Waals surface area contributed by atoms with Crippen molar-refractivity contribution in [2.75, 3.05) is 26.1 Å². The van der Waals surface area contributed by atoms with Crippen LogP contribution in [0.25, 0.3) is 0 Å². The lowest BCUT2D eigenvalue weighted by atomic mass is 10.1. The molecule has 0 heterocycles. The molecule has 0 unspecified atom stereocenters. The SMILES string of the molecule is COC(=O)c1c(N(C)C)ccc(Br)c1C. The van der Waals surface area contributed by atoms with E-state index in [2.05, 4.69) is 15.9 Å². The second kappa shape index (κ2) is 4.66. The minimum atomic E-state index is -0.308. The molecule has 0 aliphatic heterocycles. The Hall–Kier alpha value is -1.03. The average Bonchev–Trinajstić information content (AvgIpc) is 2.20. The fourth-order valence-corrected chi connectivity index (χ4v) is 1.73. The third-order valence-electron chi connectivity index (χ3n) is 2.25. The van der Waals surface area contributed by atoms with E-state index in [1.54, 1.807) is 0 Å². The van der Waals surface area contributed by atoms with Crippen molar-refractivity contribution in [3.63, 3.8) is 0 Å². The average molecular weight is 272 g/mol. The molecule has 0 saturated carbocycles. The second-order valence-electron chi connectivity index (χ2n) is 3.45. The van der Waals surface area contributed by atoms with Crippen molar-refractivity contribution in [2.24, 2.45) is 0 Å². The molecule has 3 nitrogen and oxygen atoms in total. The van der Waals surface area contributed by atoms with Crippen LogP contribution >= 0.6 is 15.9 Å². The Labute approximate surface area is 98.2 Å². The summed E-state index contributed by atoms with van der Waals surface area (Å²) >= 11 is 3.40. The van der Waals surface area contributed by atoms with Gasteiger partial charge in [0.25, 0.3) is 0 Å². The molecule has 82 valence electrons. The Bertz CT molecular complexity index is 388. The number of hydrogen-bond acceptors (Lipinski definition) is 3. The molecule has 1 aromatic carbocycles. The number of halogens is 1. The van der Waals surface area contributed by atoms with Crippen molar-refractivity contribution in [3.8, 4) is 0 Å². The number of hydrogen-bond donors (Lipinski definition) is 0. The Morgan fingerprint density at radius 2 is 2.00 bits per heavy atom. The van der Waals surface area contributed by atoms with E-state index in [0.29, 0.717) is 5.56 Å². The van der Waals surface area contributed by atoms with E-state index in [0.717, 1.165) is 15.7 Å². The first kappa shape index (κ1) is 12.0. The predicted molar refractivity (Wildman–Crippen MR) is 64.5 cm³/mol. The number of methoxy groups -OCH3 is 1. The van der Waals surface area contributed by atoms with E-state index >= 15 is 0 Å². The molecule has 15 heavy (non-hydrogen) atoms. The summed E-state index contributed by atoms with van der Waals surface area (Å²) in [5.41, 5.74) is 2.37. The van der Waals surface area contributed by atoms with Crippen LogP contribution in [0, 0.1) is 6.92 Å². The molecule has 0 bridgehead atoms. The monoisotopic (exact) mass is 271 g/mol. The molecule has 0 aliphatic carbocycles. The normalized spacial score (nSPS) is 9.93. The summed E-state index contributed by atoms with van der Waals surface area (Å²) in [7, 11) is 5.19. The summed E-state index contributed by atoms with van der Waals surface area (Å²) in [6.45, 7) is 1.89. The molecular formula is C11H14BrNO2. The van der Waals surface area contributed by atoms with Gasteiger partial charge in [-0.2, -0.15) is 0 Å². The maximum absolute atomic E-state index is 11.6. The van der Waals surface area contributed by atoms with Gasteiger partial charge in [0.2, 0.25) is 0 Å². The number of anilines is 1. The molecule has 1 aromatic rings. The Morgan fingerprint density at radius 3 is 2.47 bits per heavy atom. The molecule has 0 fully saturated rings. The topological polar surface area (TPSA) is 29.5 Å². The van der Waals surface area contributed by atoms with Gasteiger partial charge in [-0.1, -0.05) is 15.9 Å². The zero-order valence-corrected chi connectivity index (χ0v) is 10.9. The molecule has 1 rings (SSSR count). The third-order valence-corrected chi connectivity index (χ3v) is 3.11. The number of nitrogens with zero attached hydrogens (tertiary/aromatic N) is 1. The van der Waals surface area contributed by atoms with Crippen LogP contribution in [0.2, 0.25) is 0 Å². The second-order valence-corrected chi connectivity index (χ2v) is 4.31. The van der Waals surface area contributed by atoms with Crippen LogP contribution in [0.3, 0.4) is 0 Å². The summed E-state index contributed by atoms with van der Waals surface area (Å²) in [6, 6.07) is 3.82.